The largest absolute Gasteiger partial charge is 0.298 e. The highest BCUT2D eigenvalue weighted by Gasteiger charge is 2.16. The van der Waals surface area contributed by atoms with Gasteiger partial charge in [0, 0.05) is 23.2 Å². The Morgan fingerprint density at radius 1 is 1.45 bits per heavy atom. The van der Waals surface area contributed by atoms with E-state index in [0.29, 0.717) is 5.13 Å². The first-order chi connectivity index (χ1) is 10.4. The summed E-state index contributed by atoms with van der Waals surface area (Å²) >= 11 is 1.35. The maximum absolute atomic E-state index is 12.1. The summed E-state index contributed by atoms with van der Waals surface area (Å²) in [6.45, 7) is 5.46. The molecule has 1 heterocycles. The first-order valence-electron chi connectivity index (χ1n) is 6.37. The minimum atomic E-state index is -3.66. The highest BCUT2D eigenvalue weighted by molar-refractivity contribution is 7.89. The van der Waals surface area contributed by atoms with Crippen molar-refractivity contribution in [3.63, 3.8) is 0 Å². The summed E-state index contributed by atoms with van der Waals surface area (Å²) in [6, 6.07) is 5.81. The zero-order valence-corrected chi connectivity index (χ0v) is 13.5. The third kappa shape index (κ3) is 4.00. The summed E-state index contributed by atoms with van der Waals surface area (Å²) in [5, 5.41) is 3.11. The topological polar surface area (TPSA) is 88.2 Å². The summed E-state index contributed by atoms with van der Waals surface area (Å²) in [4.78, 5) is 17.2. The van der Waals surface area contributed by atoms with Crippen LogP contribution in [0, 0.1) is 6.92 Å². The molecule has 1 amide bonds. The summed E-state index contributed by atoms with van der Waals surface area (Å²) in [5.41, 5.74) is 0.245. The number of nitrogens with one attached hydrogen (secondary N) is 2. The third-order valence-electron chi connectivity index (χ3n) is 2.67. The normalized spacial score (nSPS) is 11.1. The summed E-state index contributed by atoms with van der Waals surface area (Å²) < 4.78 is 26.4. The van der Waals surface area contributed by atoms with Crippen LogP contribution in [0.5, 0.6) is 0 Å². The van der Waals surface area contributed by atoms with Crippen LogP contribution in [-0.4, -0.2) is 25.9 Å². The molecule has 8 heteroatoms. The fourth-order valence-corrected chi connectivity index (χ4v) is 3.34. The van der Waals surface area contributed by atoms with Gasteiger partial charge in [0.1, 0.15) is 0 Å². The Balaban J connectivity index is 2.20. The zero-order chi connectivity index (χ0) is 16.2. The lowest BCUT2D eigenvalue weighted by molar-refractivity contribution is 0.102. The lowest BCUT2D eigenvalue weighted by atomic mass is 10.2. The molecule has 1 aromatic carbocycles. The van der Waals surface area contributed by atoms with Crippen molar-refractivity contribution in [2.75, 3.05) is 11.9 Å². The Hall–Kier alpha value is -2.03. The number of aromatic nitrogens is 1. The van der Waals surface area contributed by atoms with Crippen molar-refractivity contribution in [1.82, 2.24) is 9.71 Å². The van der Waals surface area contributed by atoms with Crippen LogP contribution in [0.15, 0.2) is 48.0 Å². The molecule has 0 unspecified atom stereocenters. The Bertz CT molecular complexity index is 797. The third-order valence-corrected chi connectivity index (χ3v) is 4.92. The molecule has 0 saturated heterocycles. The van der Waals surface area contributed by atoms with Crippen LogP contribution >= 0.6 is 11.3 Å². The SMILES string of the molecule is C=CCNS(=O)(=O)c1cccc(C(=O)Nc2ncc(C)s2)c1. The monoisotopic (exact) mass is 337 g/mol. The van der Waals surface area contributed by atoms with E-state index in [1.54, 1.807) is 12.3 Å². The van der Waals surface area contributed by atoms with Crippen molar-refractivity contribution < 1.29 is 13.2 Å². The Labute approximate surface area is 133 Å². The quantitative estimate of drug-likeness (QED) is 0.791. The van der Waals surface area contributed by atoms with Crippen LogP contribution < -0.4 is 10.0 Å². The number of benzene rings is 1. The fraction of sp³-hybridized carbons (Fsp3) is 0.143. The maximum atomic E-state index is 12.1. The second kappa shape index (κ2) is 6.82. The Kier molecular flexibility index (Phi) is 5.07. The van der Waals surface area contributed by atoms with E-state index in [9.17, 15) is 13.2 Å². The van der Waals surface area contributed by atoms with E-state index in [-0.39, 0.29) is 17.0 Å². The summed E-state index contributed by atoms with van der Waals surface area (Å²) in [5.74, 6) is -0.407. The van der Waals surface area contributed by atoms with Crippen LogP contribution in [-0.2, 0) is 10.0 Å². The molecule has 0 fully saturated rings. The lowest BCUT2D eigenvalue weighted by Crippen LogP contribution is -2.24. The molecule has 1 aromatic heterocycles. The highest BCUT2D eigenvalue weighted by Crippen LogP contribution is 2.18. The number of thiazole rings is 1. The van der Waals surface area contributed by atoms with Gasteiger partial charge in [-0.1, -0.05) is 12.1 Å². The van der Waals surface area contributed by atoms with Gasteiger partial charge in [-0.25, -0.2) is 18.1 Å². The molecular formula is C14H15N3O3S2. The Morgan fingerprint density at radius 3 is 2.86 bits per heavy atom. The van der Waals surface area contributed by atoms with E-state index in [2.05, 4.69) is 21.6 Å². The van der Waals surface area contributed by atoms with Gasteiger partial charge in [0.05, 0.1) is 4.90 Å². The number of rotatable bonds is 6. The lowest BCUT2D eigenvalue weighted by Gasteiger charge is -2.07. The van der Waals surface area contributed by atoms with Crippen LogP contribution in [0.3, 0.4) is 0 Å². The average molecular weight is 337 g/mol. The van der Waals surface area contributed by atoms with E-state index in [1.165, 1.54) is 35.6 Å². The second-order valence-electron chi connectivity index (χ2n) is 4.40. The number of amides is 1. The van der Waals surface area contributed by atoms with E-state index in [0.717, 1.165) is 4.88 Å². The minimum absolute atomic E-state index is 0.0253. The fourth-order valence-electron chi connectivity index (χ4n) is 1.64. The van der Waals surface area contributed by atoms with Gasteiger partial charge in [0.15, 0.2) is 5.13 Å². The molecule has 6 nitrogen and oxygen atoms in total. The van der Waals surface area contributed by atoms with E-state index >= 15 is 0 Å². The predicted molar refractivity (Wildman–Crippen MR) is 86.6 cm³/mol. The second-order valence-corrected chi connectivity index (χ2v) is 7.40. The van der Waals surface area contributed by atoms with Gasteiger partial charge < -0.3 is 0 Å². The molecule has 0 aliphatic carbocycles. The predicted octanol–water partition coefficient (Wildman–Crippen LogP) is 2.17. The van der Waals surface area contributed by atoms with Gasteiger partial charge >= 0.3 is 0 Å². The van der Waals surface area contributed by atoms with E-state index in [4.69, 9.17) is 0 Å². The molecule has 2 aromatic rings. The number of carbonyl (C=O) groups excluding carboxylic acids is 1. The molecule has 0 aliphatic rings. The first kappa shape index (κ1) is 16.3. The van der Waals surface area contributed by atoms with Gasteiger partial charge in [0.25, 0.3) is 5.91 Å². The molecule has 22 heavy (non-hydrogen) atoms. The number of carbonyl (C=O) groups is 1. The molecule has 2 N–H and O–H groups in total. The minimum Gasteiger partial charge on any atom is -0.298 e. The van der Waals surface area contributed by atoms with Crippen molar-refractivity contribution in [1.29, 1.82) is 0 Å². The molecular weight excluding hydrogens is 322 g/mol. The molecule has 0 aliphatic heterocycles. The standard InChI is InChI=1S/C14H15N3O3S2/c1-3-7-16-22(19,20)12-6-4-5-11(8-12)13(18)17-14-15-9-10(2)21-14/h3-6,8-9,16H,1,7H2,2H3,(H,15,17,18). The average Bonchev–Trinajstić information content (AvgIpc) is 2.90. The zero-order valence-electron chi connectivity index (χ0n) is 11.9. The smallest absolute Gasteiger partial charge is 0.257 e. The number of nitrogens with zero attached hydrogens (tertiary/aromatic N) is 1. The number of hydrogen-bond donors (Lipinski definition) is 2. The van der Waals surface area contributed by atoms with Crippen molar-refractivity contribution in [2.45, 2.75) is 11.8 Å². The van der Waals surface area contributed by atoms with Gasteiger partial charge in [0.2, 0.25) is 10.0 Å². The van der Waals surface area contributed by atoms with Gasteiger partial charge in [-0.2, -0.15) is 0 Å². The molecule has 0 radical (unpaired) electrons. The number of aryl methyl sites for hydroxylation is 1. The van der Waals surface area contributed by atoms with E-state index < -0.39 is 15.9 Å². The molecule has 0 bridgehead atoms. The van der Waals surface area contributed by atoms with E-state index in [1.807, 2.05) is 6.92 Å². The van der Waals surface area contributed by atoms with Crippen LogP contribution in [0.2, 0.25) is 0 Å². The molecule has 116 valence electrons. The summed E-state index contributed by atoms with van der Waals surface area (Å²) in [7, 11) is -3.66. The van der Waals surface area contributed by atoms with Crippen molar-refractivity contribution in [3.05, 3.63) is 53.6 Å². The van der Waals surface area contributed by atoms with Crippen molar-refractivity contribution >= 4 is 32.4 Å². The molecule has 0 atom stereocenters. The maximum Gasteiger partial charge on any atom is 0.257 e. The highest BCUT2D eigenvalue weighted by atomic mass is 32.2. The van der Waals surface area contributed by atoms with Crippen molar-refractivity contribution in [3.8, 4) is 0 Å². The molecule has 0 spiro atoms. The molecule has 0 saturated carbocycles. The van der Waals surface area contributed by atoms with Crippen LogP contribution in [0.1, 0.15) is 15.2 Å². The van der Waals surface area contributed by atoms with Gasteiger partial charge in [-0.3, -0.25) is 10.1 Å². The number of sulfonamides is 1. The first-order valence-corrected chi connectivity index (χ1v) is 8.67. The summed E-state index contributed by atoms with van der Waals surface area (Å²) in [6.07, 6.45) is 3.10. The number of hydrogen-bond acceptors (Lipinski definition) is 5. The van der Waals surface area contributed by atoms with Gasteiger partial charge in [-0.05, 0) is 25.1 Å². The molecule has 2 rings (SSSR count). The number of anilines is 1. The van der Waals surface area contributed by atoms with Crippen LogP contribution in [0.4, 0.5) is 5.13 Å². The Morgan fingerprint density at radius 2 is 2.23 bits per heavy atom. The van der Waals surface area contributed by atoms with Crippen LogP contribution in [0.25, 0.3) is 0 Å². The van der Waals surface area contributed by atoms with Gasteiger partial charge in [-0.15, -0.1) is 17.9 Å². The van der Waals surface area contributed by atoms with Crippen molar-refractivity contribution in [2.24, 2.45) is 0 Å².